The first-order valence-corrected chi connectivity index (χ1v) is 7.50. The maximum atomic E-state index is 12.1. The predicted octanol–water partition coefficient (Wildman–Crippen LogP) is 0.445. The number of nitrogens with two attached hydrogens (primary N) is 1. The maximum absolute atomic E-state index is 12.1. The Balaban J connectivity index is 1.61. The lowest BCUT2D eigenvalue weighted by atomic mass is 10.2. The van der Waals surface area contributed by atoms with Crippen LogP contribution in [0.1, 0.15) is 23.2 Å². The zero-order chi connectivity index (χ0) is 13.9. The lowest BCUT2D eigenvalue weighted by molar-refractivity contribution is -0.0818. The maximum Gasteiger partial charge on any atom is 0.258 e. The van der Waals surface area contributed by atoms with E-state index in [0.717, 1.165) is 12.8 Å². The minimum atomic E-state index is -0.151. The molecule has 1 atom stereocenters. The molecule has 1 aromatic heterocycles. The highest BCUT2D eigenvalue weighted by Gasteiger charge is 2.27. The van der Waals surface area contributed by atoms with Gasteiger partial charge in [0.1, 0.15) is 10.6 Å². The number of carbonyl (C=O) groups excluding carboxylic acids is 1. The largest absolute Gasteiger partial charge is 0.382 e. The Morgan fingerprint density at radius 3 is 3.00 bits per heavy atom. The number of hydrogen-bond acceptors (Lipinski definition) is 7. The zero-order valence-corrected chi connectivity index (χ0v) is 11.9. The second-order valence-electron chi connectivity index (χ2n) is 4.97. The topological polar surface area (TPSA) is 98.5 Å². The van der Waals surface area contributed by atoms with Crippen LogP contribution in [0.2, 0.25) is 0 Å². The third-order valence-electron chi connectivity index (χ3n) is 3.23. The molecule has 8 heteroatoms. The highest BCUT2D eigenvalue weighted by molar-refractivity contribution is 7.11. The van der Waals surface area contributed by atoms with Crippen LogP contribution in [-0.4, -0.2) is 48.8 Å². The highest BCUT2D eigenvalue weighted by atomic mass is 32.1. The van der Waals surface area contributed by atoms with E-state index in [9.17, 15) is 4.79 Å². The first kappa shape index (κ1) is 13.6. The van der Waals surface area contributed by atoms with Crippen molar-refractivity contribution in [1.82, 2.24) is 9.69 Å². The fraction of sp³-hybridized carbons (Fsp3) is 0.667. The van der Waals surface area contributed by atoms with Crippen LogP contribution in [0.25, 0.3) is 0 Å². The molecule has 1 aliphatic carbocycles. The Morgan fingerprint density at radius 2 is 2.30 bits per heavy atom. The molecule has 1 amide bonds. The summed E-state index contributed by atoms with van der Waals surface area (Å²) in [5.41, 5.74) is 6.23. The average molecular weight is 298 g/mol. The molecule has 1 aliphatic heterocycles. The molecule has 0 radical (unpaired) electrons. The van der Waals surface area contributed by atoms with E-state index in [0.29, 0.717) is 43.0 Å². The number of aromatic nitrogens is 1. The standard InChI is InChI=1S/C12H18N4O3S/c13-10-9(11(17)15-7-1-2-7)12(20-16-10)14-5-8-6-18-3-4-19-8/h7-8,14H,1-6H2,(H2,13,16)(H,15,17). The van der Waals surface area contributed by atoms with Crippen molar-refractivity contribution in [3.63, 3.8) is 0 Å². The SMILES string of the molecule is Nc1nsc(NCC2COCCO2)c1C(=O)NC1CC1. The van der Waals surface area contributed by atoms with Crippen LogP contribution in [0.5, 0.6) is 0 Å². The summed E-state index contributed by atoms with van der Waals surface area (Å²) in [6.07, 6.45) is 2.07. The first-order chi connectivity index (χ1) is 9.74. The van der Waals surface area contributed by atoms with Crippen molar-refractivity contribution < 1.29 is 14.3 Å². The molecule has 1 aromatic rings. The van der Waals surface area contributed by atoms with Crippen LogP contribution in [0.4, 0.5) is 10.8 Å². The molecule has 110 valence electrons. The Hall–Kier alpha value is -1.38. The quantitative estimate of drug-likeness (QED) is 0.730. The van der Waals surface area contributed by atoms with Crippen molar-refractivity contribution in [3.8, 4) is 0 Å². The number of hydrogen-bond donors (Lipinski definition) is 3. The molecule has 1 saturated carbocycles. The molecule has 1 unspecified atom stereocenters. The molecular formula is C12H18N4O3S. The summed E-state index contributed by atoms with van der Waals surface area (Å²) in [6.45, 7) is 2.38. The summed E-state index contributed by atoms with van der Waals surface area (Å²) >= 11 is 1.20. The lowest BCUT2D eigenvalue weighted by Crippen LogP contribution is -2.34. The summed E-state index contributed by atoms with van der Waals surface area (Å²) in [7, 11) is 0. The minimum absolute atomic E-state index is 0.00795. The monoisotopic (exact) mass is 298 g/mol. The fourth-order valence-electron chi connectivity index (χ4n) is 1.99. The molecule has 20 heavy (non-hydrogen) atoms. The van der Waals surface area contributed by atoms with E-state index >= 15 is 0 Å². The third-order valence-corrected chi connectivity index (χ3v) is 4.05. The molecule has 2 heterocycles. The second kappa shape index (κ2) is 5.94. The molecule has 3 rings (SSSR count). The minimum Gasteiger partial charge on any atom is -0.382 e. The zero-order valence-electron chi connectivity index (χ0n) is 11.1. The molecule has 2 aliphatic rings. The third kappa shape index (κ3) is 3.20. The van der Waals surface area contributed by atoms with Gasteiger partial charge in [0.15, 0.2) is 5.82 Å². The van der Waals surface area contributed by atoms with Crippen LogP contribution in [0, 0.1) is 0 Å². The Labute approximate surface area is 121 Å². The van der Waals surface area contributed by atoms with Gasteiger partial charge in [0.25, 0.3) is 5.91 Å². The molecule has 0 aromatic carbocycles. The van der Waals surface area contributed by atoms with E-state index in [2.05, 4.69) is 15.0 Å². The highest BCUT2D eigenvalue weighted by Crippen LogP contribution is 2.28. The van der Waals surface area contributed by atoms with Crippen LogP contribution in [0.15, 0.2) is 0 Å². The number of rotatable bonds is 5. The van der Waals surface area contributed by atoms with Crippen LogP contribution < -0.4 is 16.4 Å². The molecule has 0 spiro atoms. The predicted molar refractivity (Wildman–Crippen MR) is 76.1 cm³/mol. The average Bonchev–Trinajstić information content (AvgIpc) is 3.19. The van der Waals surface area contributed by atoms with Gasteiger partial charge in [0, 0.05) is 12.6 Å². The Bertz CT molecular complexity index is 483. The van der Waals surface area contributed by atoms with Crippen molar-refractivity contribution in [1.29, 1.82) is 0 Å². The lowest BCUT2D eigenvalue weighted by Gasteiger charge is -2.23. The van der Waals surface area contributed by atoms with E-state index in [1.165, 1.54) is 11.5 Å². The Kier molecular flexibility index (Phi) is 4.04. The van der Waals surface area contributed by atoms with Gasteiger partial charge in [-0.25, -0.2) is 0 Å². The van der Waals surface area contributed by atoms with Gasteiger partial charge in [0.2, 0.25) is 0 Å². The first-order valence-electron chi connectivity index (χ1n) is 6.73. The molecule has 2 fully saturated rings. The summed E-state index contributed by atoms with van der Waals surface area (Å²) in [5, 5.41) is 6.81. The number of nitrogen functional groups attached to an aromatic ring is 1. The van der Waals surface area contributed by atoms with Gasteiger partial charge in [-0.1, -0.05) is 0 Å². The van der Waals surface area contributed by atoms with Crippen molar-refractivity contribution in [2.75, 3.05) is 37.4 Å². The molecule has 0 bridgehead atoms. The van der Waals surface area contributed by atoms with E-state index in [4.69, 9.17) is 15.2 Å². The summed E-state index contributed by atoms with van der Waals surface area (Å²) in [4.78, 5) is 12.1. The van der Waals surface area contributed by atoms with Crippen molar-refractivity contribution in [2.45, 2.75) is 25.0 Å². The normalized spacial score (nSPS) is 22.5. The number of nitrogens with zero attached hydrogens (tertiary/aromatic N) is 1. The van der Waals surface area contributed by atoms with Crippen molar-refractivity contribution in [3.05, 3.63) is 5.56 Å². The molecular weight excluding hydrogens is 280 g/mol. The summed E-state index contributed by atoms with van der Waals surface area (Å²) < 4.78 is 14.9. The van der Waals surface area contributed by atoms with E-state index in [1.807, 2.05) is 0 Å². The molecule has 1 saturated heterocycles. The van der Waals surface area contributed by atoms with Crippen LogP contribution in [-0.2, 0) is 9.47 Å². The summed E-state index contributed by atoms with van der Waals surface area (Å²) in [6, 6.07) is 0.296. The number of anilines is 2. The molecule has 4 N–H and O–H groups in total. The summed E-state index contributed by atoms with van der Waals surface area (Å²) in [5.74, 6) is 0.124. The number of carbonyl (C=O) groups is 1. The fourth-order valence-corrected chi connectivity index (χ4v) is 2.71. The van der Waals surface area contributed by atoms with Gasteiger partial charge in [-0.3, -0.25) is 4.79 Å². The van der Waals surface area contributed by atoms with E-state index in [-0.39, 0.29) is 17.8 Å². The number of amides is 1. The van der Waals surface area contributed by atoms with E-state index in [1.54, 1.807) is 0 Å². The van der Waals surface area contributed by atoms with Gasteiger partial charge < -0.3 is 25.8 Å². The second-order valence-corrected chi connectivity index (χ2v) is 5.74. The smallest absolute Gasteiger partial charge is 0.258 e. The van der Waals surface area contributed by atoms with Gasteiger partial charge in [-0.15, -0.1) is 0 Å². The molecule has 7 nitrogen and oxygen atoms in total. The van der Waals surface area contributed by atoms with Crippen molar-refractivity contribution in [2.24, 2.45) is 0 Å². The number of ether oxygens (including phenoxy) is 2. The van der Waals surface area contributed by atoms with Crippen LogP contribution >= 0.6 is 11.5 Å². The van der Waals surface area contributed by atoms with E-state index < -0.39 is 0 Å². The Morgan fingerprint density at radius 1 is 1.45 bits per heavy atom. The number of nitrogens with one attached hydrogen (secondary N) is 2. The van der Waals surface area contributed by atoms with Crippen LogP contribution in [0.3, 0.4) is 0 Å². The van der Waals surface area contributed by atoms with Gasteiger partial charge in [-0.2, -0.15) is 4.37 Å². The van der Waals surface area contributed by atoms with Gasteiger partial charge in [0.05, 0.1) is 25.9 Å². The van der Waals surface area contributed by atoms with Gasteiger partial charge >= 0.3 is 0 Å². The van der Waals surface area contributed by atoms with Gasteiger partial charge in [-0.05, 0) is 24.4 Å². The van der Waals surface area contributed by atoms with Crippen molar-refractivity contribution >= 4 is 28.3 Å².